The average molecular weight is 216 g/mol. The first-order valence-electron chi connectivity index (χ1n) is 5.57. The first-order chi connectivity index (χ1) is 6.72. The van der Waals surface area contributed by atoms with Crippen LogP contribution in [0.4, 0.5) is 0 Å². The van der Waals surface area contributed by atoms with Crippen molar-refractivity contribution in [2.75, 3.05) is 12.4 Å². The third kappa shape index (κ3) is 2.05. The SMILES string of the molecule is CC1CCN(C(=O)CC2CC2)C1CCl. The van der Waals surface area contributed by atoms with Crippen LogP contribution in [0.25, 0.3) is 0 Å². The minimum absolute atomic E-state index is 0.294. The maximum atomic E-state index is 11.9. The van der Waals surface area contributed by atoms with E-state index in [0.717, 1.165) is 19.4 Å². The number of alkyl halides is 1. The Morgan fingerprint density at radius 2 is 2.14 bits per heavy atom. The number of halogens is 1. The van der Waals surface area contributed by atoms with Gasteiger partial charge >= 0.3 is 0 Å². The molecule has 0 aromatic heterocycles. The second-order valence-corrected chi connectivity index (χ2v) is 5.03. The zero-order chi connectivity index (χ0) is 10.1. The van der Waals surface area contributed by atoms with Crippen molar-refractivity contribution in [2.24, 2.45) is 11.8 Å². The summed E-state index contributed by atoms with van der Waals surface area (Å²) >= 11 is 5.90. The number of amides is 1. The smallest absolute Gasteiger partial charge is 0.223 e. The van der Waals surface area contributed by atoms with Crippen molar-refractivity contribution in [1.82, 2.24) is 4.90 Å². The highest BCUT2D eigenvalue weighted by Crippen LogP contribution is 2.34. The molecule has 2 nitrogen and oxygen atoms in total. The highest BCUT2D eigenvalue weighted by molar-refractivity contribution is 6.18. The average Bonchev–Trinajstić information content (AvgIpc) is 2.88. The van der Waals surface area contributed by atoms with Crippen molar-refractivity contribution in [3.63, 3.8) is 0 Å². The lowest BCUT2D eigenvalue weighted by atomic mass is 10.0. The number of likely N-dealkylation sites (tertiary alicyclic amines) is 1. The van der Waals surface area contributed by atoms with Crippen LogP contribution in [0.1, 0.15) is 32.6 Å². The van der Waals surface area contributed by atoms with Gasteiger partial charge in [-0.1, -0.05) is 6.92 Å². The van der Waals surface area contributed by atoms with Crippen LogP contribution in [-0.4, -0.2) is 29.3 Å². The molecule has 0 N–H and O–H groups in total. The summed E-state index contributed by atoms with van der Waals surface area (Å²) in [5.41, 5.74) is 0. The number of hydrogen-bond acceptors (Lipinski definition) is 1. The molecular formula is C11H18ClNO. The Kier molecular flexibility index (Phi) is 3.01. The van der Waals surface area contributed by atoms with Gasteiger partial charge in [-0.15, -0.1) is 11.6 Å². The molecule has 0 bridgehead atoms. The lowest BCUT2D eigenvalue weighted by Crippen LogP contribution is -2.38. The molecular weight excluding hydrogens is 198 g/mol. The van der Waals surface area contributed by atoms with E-state index in [1.807, 2.05) is 4.90 Å². The van der Waals surface area contributed by atoms with E-state index in [1.165, 1.54) is 12.8 Å². The molecule has 0 aromatic carbocycles. The Hall–Kier alpha value is -0.240. The Bertz CT molecular complexity index is 227. The summed E-state index contributed by atoms with van der Waals surface area (Å²) in [4.78, 5) is 13.9. The number of rotatable bonds is 3. The van der Waals surface area contributed by atoms with Gasteiger partial charge < -0.3 is 4.90 Å². The van der Waals surface area contributed by atoms with Crippen LogP contribution in [-0.2, 0) is 4.79 Å². The lowest BCUT2D eigenvalue weighted by molar-refractivity contribution is -0.132. The summed E-state index contributed by atoms with van der Waals surface area (Å²) in [5.74, 6) is 2.20. The fraction of sp³-hybridized carbons (Fsp3) is 0.909. The lowest BCUT2D eigenvalue weighted by Gasteiger charge is -2.25. The normalized spacial score (nSPS) is 32.3. The van der Waals surface area contributed by atoms with E-state index in [4.69, 9.17) is 11.6 Å². The van der Waals surface area contributed by atoms with Crippen molar-refractivity contribution in [3.8, 4) is 0 Å². The summed E-state index contributed by atoms with van der Waals surface area (Å²) in [7, 11) is 0. The first kappa shape index (κ1) is 10.3. The van der Waals surface area contributed by atoms with Crippen LogP contribution in [0.3, 0.4) is 0 Å². The van der Waals surface area contributed by atoms with Gasteiger partial charge in [0.05, 0.1) is 0 Å². The Balaban J connectivity index is 1.91. The van der Waals surface area contributed by atoms with Crippen molar-refractivity contribution >= 4 is 17.5 Å². The molecule has 1 heterocycles. The number of hydrogen-bond donors (Lipinski definition) is 0. The Morgan fingerprint density at radius 1 is 1.43 bits per heavy atom. The van der Waals surface area contributed by atoms with Gasteiger partial charge in [0.2, 0.25) is 5.91 Å². The number of nitrogens with zero attached hydrogens (tertiary/aromatic N) is 1. The van der Waals surface area contributed by atoms with Crippen LogP contribution in [0.5, 0.6) is 0 Å². The summed E-state index contributed by atoms with van der Waals surface area (Å²) in [6.45, 7) is 3.11. The molecule has 1 aliphatic heterocycles. The summed E-state index contributed by atoms with van der Waals surface area (Å²) in [6, 6.07) is 0.294. The molecule has 1 amide bonds. The van der Waals surface area contributed by atoms with Crippen LogP contribution in [0, 0.1) is 11.8 Å². The second-order valence-electron chi connectivity index (χ2n) is 4.72. The fourth-order valence-electron chi connectivity index (χ4n) is 2.24. The molecule has 2 rings (SSSR count). The minimum Gasteiger partial charge on any atom is -0.338 e. The van der Waals surface area contributed by atoms with Crippen LogP contribution in [0.2, 0.25) is 0 Å². The van der Waals surface area contributed by atoms with Crippen molar-refractivity contribution in [1.29, 1.82) is 0 Å². The van der Waals surface area contributed by atoms with Gasteiger partial charge in [-0.05, 0) is 31.1 Å². The van der Waals surface area contributed by atoms with E-state index < -0.39 is 0 Å². The zero-order valence-electron chi connectivity index (χ0n) is 8.71. The summed E-state index contributed by atoms with van der Waals surface area (Å²) in [6.07, 6.45) is 4.38. The Labute approximate surface area is 90.6 Å². The third-order valence-electron chi connectivity index (χ3n) is 3.52. The maximum Gasteiger partial charge on any atom is 0.223 e. The molecule has 2 unspecified atom stereocenters. The molecule has 0 radical (unpaired) electrons. The van der Waals surface area contributed by atoms with Crippen molar-refractivity contribution in [2.45, 2.75) is 38.6 Å². The molecule has 2 fully saturated rings. The predicted molar refractivity (Wildman–Crippen MR) is 57.3 cm³/mol. The monoisotopic (exact) mass is 215 g/mol. The van der Waals surface area contributed by atoms with Gasteiger partial charge in [-0.3, -0.25) is 4.79 Å². The topological polar surface area (TPSA) is 20.3 Å². The minimum atomic E-state index is 0.294. The highest BCUT2D eigenvalue weighted by Gasteiger charge is 2.35. The molecule has 3 heteroatoms. The van der Waals surface area contributed by atoms with Crippen molar-refractivity contribution in [3.05, 3.63) is 0 Å². The van der Waals surface area contributed by atoms with E-state index in [0.29, 0.717) is 29.7 Å². The quantitative estimate of drug-likeness (QED) is 0.662. The first-order valence-corrected chi connectivity index (χ1v) is 6.11. The van der Waals surface area contributed by atoms with E-state index in [1.54, 1.807) is 0 Å². The maximum absolute atomic E-state index is 11.9. The number of carbonyl (C=O) groups is 1. The summed E-state index contributed by atoms with van der Waals surface area (Å²) < 4.78 is 0. The van der Waals surface area contributed by atoms with Gasteiger partial charge in [-0.25, -0.2) is 0 Å². The second kappa shape index (κ2) is 4.09. The van der Waals surface area contributed by atoms with Gasteiger partial charge in [0.15, 0.2) is 0 Å². The van der Waals surface area contributed by atoms with Gasteiger partial charge in [-0.2, -0.15) is 0 Å². The summed E-state index contributed by atoms with van der Waals surface area (Å²) in [5, 5.41) is 0. The molecule has 14 heavy (non-hydrogen) atoms. The fourth-order valence-corrected chi connectivity index (χ4v) is 2.71. The van der Waals surface area contributed by atoms with Crippen LogP contribution in [0.15, 0.2) is 0 Å². The highest BCUT2D eigenvalue weighted by atomic mass is 35.5. The predicted octanol–water partition coefficient (Wildman–Crippen LogP) is 2.26. The Morgan fingerprint density at radius 3 is 2.71 bits per heavy atom. The molecule has 2 atom stereocenters. The van der Waals surface area contributed by atoms with E-state index in [-0.39, 0.29) is 0 Å². The molecule has 1 saturated carbocycles. The molecule has 0 spiro atoms. The van der Waals surface area contributed by atoms with Crippen LogP contribution < -0.4 is 0 Å². The molecule has 0 aromatic rings. The van der Waals surface area contributed by atoms with E-state index in [9.17, 15) is 4.79 Å². The molecule has 2 aliphatic rings. The van der Waals surface area contributed by atoms with Gasteiger partial charge in [0, 0.05) is 24.9 Å². The standard InChI is InChI=1S/C11H18ClNO/c1-8-4-5-13(10(8)7-12)11(14)6-9-2-3-9/h8-10H,2-7H2,1H3. The molecule has 1 saturated heterocycles. The van der Waals surface area contributed by atoms with E-state index >= 15 is 0 Å². The largest absolute Gasteiger partial charge is 0.338 e. The van der Waals surface area contributed by atoms with Gasteiger partial charge in [0.25, 0.3) is 0 Å². The van der Waals surface area contributed by atoms with Gasteiger partial charge in [0.1, 0.15) is 0 Å². The van der Waals surface area contributed by atoms with E-state index in [2.05, 4.69) is 6.92 Å². The van der Waals surface area contributed by atoms with Crippen molar-refractivity contribution < 1.29 is 4.79 Å². The molecule has 80 valence electrons. The third-order valence-corrected chi connectivity index (χ3v) is 3.84. The number of carbonyl (C=O) groups excluding carboxylic acids is 1. The van der Waals surface area contributed by atoms with Crippen LogP contribution >= 0.6 is 11.6 Å². The zero-order valence-corrected chi connectivity index (χ0v) is 9.46. The molecule has 1 aliphatic carbocycles.